The number of unbranched alkanes of at least 4 members (excludes halogenated alkanes) is 9. The van der Waals surface area contributed by atoms with Crippen molar-refractivity contribution in [2.45, 2.75) is 109 Å². The fourth-order valence-corrected chi connectivity index (χ4v) is 4.91. The lowest BCUT2D eigenvalue weighted by atomic mass is 9.82. The van der Waals surface area contributed by atoms with Crippen molar-refractivity contribution in [2.75, 3.05) is 19.8 Å². The maximum absolute atomic E-state index is 13.2. The first-order chi connectivity index (χ1) is 16.0. The van der Waals surface area contributed by atoms with Gasteiger partial charge in [0.25, 0.3) is 0 Å². The number of hydrogen-bond donors (Lipinski definition) is 5. The summed E-state index contributed by atoms with van der Waals surface area (Å²) in [6.07, 6.45) is 14.9. The average Bonchev–Trinajstić information content (AvgIpc) is 3.22. The molecule has 190 valence electrons. The normalized spacial score (nSPS) is 24.3. The summed E-state index contributed by atoms with van der Waals surface area (Å²) in [7, 11) is 0. The van der Waals surface area contributed by atoms with E-state index in [2.05, 4.69) is 22.2 Å². The van der Waals surface area contributed by atoms with Gasteiger partial charge in [0, 0.05) is 13.0 Å². The number of ether oxygens (including phenoxy) is 2. The summed E-state index contributed by atoms with van der Waals surface area (Å²) in [6, 6.07) is -0.0768. The van der Waals surface area contributed by atoms with Gasteiger partial charge in [-0.05, 0) is 38.5 Å². The van der Waals surface area contributed by atoms with E-state index in [1.54, 1.807) is 0 Å². The third-order valence-corrected chi connectivity index (χ3v) is 6.61. The van der Waals surface area contributed by atoms with Crippen LogP contribution in [0.2, 0.25) is 0 Å². The SMILES string of the molecule is CCCCCCCCC[C@@H]1[NH+]=C(N)N[C@]2(CCCO2)[C@@H]1C(=O)OCCCCCCN=C(N)N. The van der Waals surface area contributed by atoms with Crippen LogP contribution in [-0.4, -0.2) is 49.4 Å². The molecule has 0 saturated carbocycles. The van der Waals surface area contributed by atoms with Crippen LogP contribution in [0.4, 0.5) is 0 Å². The molecule has 0 aromatic rings. The number of nitrogens with two attached hydrogens (primary N) is 3. The van der Waals surface area contributed by atoms with Crippen molar-refractivity contribution in [3.63, 3.8) is 0 Å². The fraction of sp³-hybridized carbons (Fsp3) is 0.875. The van der Waals surface area contributed by atoms with Crippen LogP contribution in [0.1, 0.15) is 96.8 Å². The van der Waals surface area contributed by atoms with Crippen molar-refractivity contribution >= 4 is 17.9 Å². The molecule has 1 saturated heterocycles. The molecule has 1 fully saturated rings. The van der Waals surface area contributed by atoms with Crippen molar-refractivity contribution in [3.05, 3.63) is 0 Å². The highest BCUT2D eigenvalue weighted by molar-refractivity contribution is 5.79. The molecule has 0 amide bonds. The van der Waals surface area contributed by atoms with Gasteiger partial charge in [0.2, 0.25) is 5.72 Å². The van der Waals surface area contributed by atoms with Crippen molar-refractivity contribution in [1.82, 2.24) is 5.32 Å². The lowest BCUT2D eigenvalue weighted by Crippen LogP contribution is -2.93. The molecule has 0 aromatic heterocycles. The Balaban J connectivity index is 1.83. The molecular formula is C24H47N6O3+. The van der Waals surface area contributed by atoms with Crippen LogP contribution in [0.3, 0.4) is 0 Å². The molecule has 8 N–H and O–H groups in total. The number of aliphatic imine (C=N–C) groups is 1. The predicted molar refractivity (Wildman–Crippen MR) is 131 cm³/mol. The van der Waals surface area contributed by atoms with E-state index in [0.717, 1.165) is 51.4 Å². The van der Waals surface area contributed by atoms with Gasteiger partial charge >= 0.3 is 11.9 Å². The Morgan fingerprint density at radius 3 is 2.52 bits per heavy atom. The number of hydrogen-bond acceptors (Lipinski definition) is 6. The molecule has 1 spiro atoms. The zero-order valence-corrected chi connectivity index (χ0v) is 20.6. The molecule has 9 heteroatoms. The third kappa shape index (κ3) is 9.39. The van der Waals surface area contributed by atoms with Gasteiger partial charge in [-0.2, -0.15) is 0 Å². The second kappa shape index (κ2) is 15.0. The molecule has 33 heavy (non-hydrogen) atoms. The van der Waals surface area contributed by atoms with E-state index >= 15 is 0 Å². The van der Waals surface area contributed by atoms with Crippen LogP contribution in [-0.2, 0) is 14.3 Å². The highest BCUT2D eigenvalue weighted by Crippen LogP contribution is 2.35. The van der Waals surface area contributed by atoms with Gasteiger partial charge in [-0.1, -0.05) is 51.9 Å². The number of rotatable bonds is 16. The Kier molecular flexibility index (Phi) is 12.4. The molecule has 0 aromatic carbocycles. The van der Waals surface area contributed by atoms with Crippen LogP contribution in [0, 0.1) is 5.92 Å². The van der Waals surface area contributed by atoms with E-state index < -0.39 is 11.6 Å². The molecular weight excluding hydrogens is 420 g/mol. The van der Waals surface area contributed by atoms with Crippen LogP contribution in [0.15, 0.2) is 4.99 Å². The van der Waals surface area contributed by atoms with E-state index in [-0.39, 0.29) is 18.0 Å². The third-order valence-electron chi connectivity index (χ3n) is 6.61. The molecule has 0 bridgehead atoms. The molecule has 3 atom stereocenters. The Labute approximate surface area is 199 Å². The fourth-order valence-electron chi connectivity index (χ4n) is 4.91. The summed E-state index contributed by atoms with van der Waals surface area (Å²) in [6.45, 7) is 3.92. The summed E-state index contributed by atoms with van der Waals surface area (Å²) in [4.78, 5) is 20.5. The zero-order valence-electron chi connectivity index (χ0n) is 20.6. The van der Waals surface area contributed by atoms with Gasteiger partial charge in [0.1, 0.15) is 0 Å². The number of esters is 1. The highest BCUT2D eigenvalue weighted by atomic mass is 16.5. The smallest absolute Gasteiger partial charge is 0.343 e. The number of nitrogens with zero attached hydrogens (tertiary/aromatic N) is 1. The summed E-state index contributed by atoms with van der Waals surface area (Å²) in [5.74, 6) is 0.0207. The predicted octanol–water partition coefficient (Wildman–Crippen LogP) is 0.994. The zero-order chi connectivity index (χ0) is 23.9. The number of nitrogens with one attached hydrogen (secondary N) is 2. The Hall–Kier alpha value is -2.03. The van der Waals surface area contributed by atoms with Gasteiger partial charge in [0.15, 0.2) is 11.9 Å². The lowest BCUT2D eigenvalue weighted by molar-refractivity contribution is -0.531. The van der Waals surface area contributed by atoms with Crippen molar-refractivity contribution in [1.29, 1.82) is 0 Å². The monoisotopic (exact) mass is 467 g/mol. The summed E-state index contributed by atoms with van der Waals surface area (Å²) < 4.78 is 11.8. The Bertz CT molecular complexity index is 630. The Morgan fingerprint density at radius 1 is 1.12 bits per heavy atom. The lowest BCUT2D eigenvalue weighted by Gasteiger charge is -2.38. The highest BCUT2D eigenvalue weighted by Gasteiger charge is 2.57. The second-order valence-corrected chi connectivity index (χ2v) is 9.41. The van der Waals surface area contributed by atoms with Gasteiger partial charge in [0.05, 0.1) is 19.3 Å². The number of carbonyl (C=O) groups excluding carboxylic acids is 1. The van der Waals surface area contributed by atoms with E-state index in [1.807, 2.05) is 0 Å². The van der Waals surface area contributed by atoms with Crippen LogP contribution >= 0.6 is 0 Å². The first-order valence-electron chi connectivity index (χ1n) is 13.0. The standard InChI is InChI=1S/C24H46N6O3/c1-2-3-4-5-6-7-10-14-19-20(24(15-13-18-33-24)30-23(27)29-19)21(31)32-17-12-9-8-11-16-28-22(25)26/h19-20H,2-18H2,1H3,(H4,25,26,28)(H3,27,29,30)/p+1/t19-,20-,24-/m0/s1. The van der Waals surface area contributed by atoms with Crippen LogP contribution in [0.25, 0.3) is 0 Å². The van der Waals surface area contributed by atoms with E-state index in [0.29, 0.717) is 25.7 Å². The van der Waals surface area contributed by atoms with Gasteiger partial charge in [-0.15, -0.1) is 0 Å². The average molecular weight is 468 g/mol. The van der Waals surface area contributed by atoms with Gasteiger partial charge < -0.3 is 20.9 Å². The minimum atomic E-state index is -0.752. The topological polar surface area (TPSA) is 152 Å². The minimum Gasteiger partial charge on any atom is -0.465 e. The summed E-state index contributed by atoms with van der Waals surface area (Å²) >= 11 is 0. The summed E-state index contributed by atoms with van der Waals surface area (Å²) in [5.41, 5.74) is 16.1. The first-order valence-corrected chi connectivity index (χ1v) is 13.0. The molecule has 2 rings (SSSR count). The maximum Gasteiger partial charge on any atom is 0.343 e. The van der Waals surface area contributed by atoms with E-state index in [4.69, 9.17) is 26.7 Å². The summed E-state index contributed by atoms with van der Waals surface area (Å²) in [5, 5.41) is 3.24. The molecule has 9 nitrogen and oxygen atoms in total. The van der Waals surface area contributed by atoms with Gasteiger partial charge in [-0.25, -0.2) is 5.32 Å². The van der Waals surface area contributed by atoms with Crippen LogP contribution in [0.5, 0.6) is 0 Å². The molecule has 2 aliphatic rings. The van der Waals surface area contributed by atoms with E-state index in [1.165, 1.54) is 38.5 Å². The number of carbonyl (C=O) groups is 1. The quantitative estimate of drug-likeness (QED) is 0.0982. The molecule has 0 unspecified atom stereocenters. The number of guanidine groups is 2. The van der Waals surface area contributed by atoms with Gasteiger partial charge in [-0.3, -0.25) is 20.5 Å². The van der Waals surface area contributed by atoms with Crippen molar-refractivity contribution in [2.24, 2.45) is 28.1 Å². The Morgan fingerprint density at radius 2 is 1.82 bits per heavy atom. The first kappa shape index (κ1) is 27.2. The largest absolute Gasteiger partial charge is 0.465 e. The van der Waals surface area contributed by atoms with Crippen LogP contribution < -0.4 is 27.5 Å². The molecule has 2 heterocycles. The molecule has 2 aliphatic heterocycles. The van der Waals surface area contributed by atoms with Crippen molar-refractivity contribution in [3.8, 4) is 0 Å². The van der Waals surface area contributed by atoms with Crippen molar-refractivity contribution < 1.29 is 19.3 Å². The maximum atomic E-state index is 13.2. The molecule has 0 radical (unpaired) electrons. The van der Waals surface area contributed by atoms with E-state index in [9.17, 15) is 4.79 Å². The molecule has 0 aliphatic carbocycles. The second-order valence-electron chi connectivity index (χ2n) is 9.41. The minimum absolute atomic E-state index is 0.0768.